The molecule has 3 aromatic rings. The van der Waals surface area contributed by atoms with Gasteiger partial charge < -0.3 is 14.8 Å². The minimum absolute atomic E-state index is 0.0353. The molecule has 3 aromatic heterocycles. The summed E-state index contributed by atoms with van der Waals surface area (Å²) in [5, 5.41) is 4.34. The largest absolute Gasteiger partial charge is 0.352 e. The molecule has 144 valence electrons. The fourth-order valence-corrected chi connectivity index (χ4v) is 4.16. The maximum absolute atomic E-state index is 5.72. The van der Waals surface area contributed by atoms with Crippen LogP contribution in [0.2, 0.25) is 0 Å². The molecule has 1 aliphatic rings. The van der Waals surface area contributed by atoms with Crippen molar-refractivity contribution in [2.75, 3.05) is 6.54 Å². The van der Waals surface area contributed by atoms with Crippen LogP contribution in [0.4, 0.5) is 0 Å². The number of unbranched alkanes of at least 4 members (excludes halogenated alkanes) is 1. The molecule has 0 bridgehead atoms. The topological polar surface area (TPSA) is 46.0 Å². The summed E-state index contributed by atoms with van der Waals surface area (Å²) in [7, 11) is 0. The quantitative estimate of drug-likeness (QED) is 0.615. The molecule has 0 aliphatic carbocycles. The number of aromatic nitrogens is 3. The first-order chi connectivity index (χ1) is 13.8. The van der Waals surface area contributed by atoms with Crippen LogP contribution in [-0.2, 0) is 6.54 Å². The van der Waals surface area contributed by atoms with Crippen molar-refractivity contribution < 1.29 is 0 Å². The van der Waals surface area contributed by atoms with E-state index in [9.17, 15) is 0 Å². The highest BCUT2D eigenvalue weighted by Crippen LogP contribution is 2.39. The molecule has 1 aliphatic heterocycles. The molecule has 0 spiro atoms. The molecule has 6 heteroatoms. The van der Waals surface area contributed by atoms with Gasteiger partial charge in [0.1, 0.15) is 0 Å². The van der Waals surface area contributed by atoms with Gasteiger partial charge in [0, 0.05) is 43.6 Å². The highest BCUT2D eigenvalue weighted by molar-refractivity contribution is 7.80. The Morgan fingerprint density at radius 1 is 1.11 bits per heavy atom. The van der Waals surface area contributed by atoms with Crippen LogP contribution >= 0.6 is 12.2 Å². The zero-order valence-corrected chi connectivity index (χ0v) is 16.8. The summed E-state index contributed by atoms with van der Waals surface area (Å²) >= 11 is 5.72. The standard InChI is InChI=1S/C22H25N5S/c1-2-3-14-27-21(20(25-22(27)28)18-9-4-5-12-24-18)19-10-7-13-26(19)16-17-8-6-11-23-15-17/h4-13,15,20-21H,2-3,14,16H2,1H3,(H,25,28). The molecule has 1 N–H and O–H groups in total. The highest BCUT2D eigenvalue weighted by Gasteiger charge is 2.40. The van der Waals surface area contributed by atoms with Gasteiger partial charge in [-0.15, -0.1) is 0 Å². The van der Waals surface area contributed by atoms with E-state index in [1.165, 1.54) is 11.3 Å². The minimum atomic E-state index is 0.0353. The van der Waals surface area contributed by atoms with Gasteiger partial charge in [-0.1, -0.05) is 25.5 Å². The summed E-state index contributed by atoms with van der Waals surface area (Å²) in [5.41, 5.74) is 3.44. The molecule has 1 fully saturated rings. The van der Waals surface area contributed by atoms with E-state index >= 15 is 0 Å². The molecule has 28 heavy (non-hydrogen) atoms. The predicted molar refractivity (Wildman–Crippen MR) is 115 cm³/mol. The van der Waals surface area contributed by atoms with Crippen LogP contribution in [0.1, 0.15) is 48.8 Å². The summed E-state index contributed by atoms with van der Waals surface area (Å²) in [4.78, 5) is 11.2. The van der Waals surface area contributed by atoms with Crippen LogP contribution in [0.25, 0.3) is 0 Å². The lowest BCUT2D eigenvalue weighted by Gasteiger charge is -2.29. The first-order valence-corrected chi connectivity index (χ1v) is 10.2. The number of nitrogens with one attached hydrogen (secondary N) is 1. The average molecular weight is 392 g/mol. The second-order valence-corrected chi connectivity index (χ2v) is 7.48. The Balaban J connectivity index is 1.70. The van der Waals surface area contributed by atoms with Crippen LogP contribution in [-0.4, -0.2) is 31.1 Å². The highest BCUT2D eigenvalue weighted by atomic mass is 32.1. The maximum Gasteiger partial charge on any atom is 0.170 e. The lowest BCUT2D eigenvalue weighted by molar-refractivity contribution is 0.300. The molecular weight excluding hydrogens is 366 g/mol. The number of pyridine rings is 2. The Kier molecular flexibility index (Phi) is 5.67. The van der Waals surface area contributed by atoms with Gasteiger partial charge in [0.2, 0.25) is 0 Å². The molecule has 0 aromatic carbocycles. The van der Waals surface area contributed by atoms with Gasteiger partial charge in [0.15, 0.2) is 5.11 Å². The van der Waals surface area contributed by atoms with E-state index in [0.29, 0.717) is 0 Å². The summed E-state index contributed by atoms with van der Waals surface area (Å²) in [6.07, 6.45) is 9.96. The van der Waals surface area contributed by atoms with Crippen molar-refractivity contribution in [2.24, 2.45) is 0 Å². The van der Waals surface area contributed by atoms with Crippen molar-refractivity contribution in [1.82, 2.24) is 24.8 Å². The van der Waals surface area contributed by atoms with Gasteiger partial charge in [0.05, 0.1) is 17.8 Å². The Morgan fingerprint density at radius 3 is 2.79 bits per heavy atom. The SMILES string of the molecule is CCCCN1C(=S)NC(c2ccccn2)C1c1cccn1Cc1cccnc1. The smallest absolute Gasteiger partial charge is 0.170 e. The van der Waals surface area contributed by atoms with Gasteiger partial charge in [-0.3, -0.25) is 9.97 Å². The van der Waals surface area contributed by atoms with Crippen LogP contribution < -0.4 is 5.32 Å². The summed E-state index contributed by atoms with van der Waals surface area (Å²) in [5.74, 6) is 0. The number of hydrogen-bond acceptors (Lipinski definition) is 3. The molecule has 0 amide bonds. The molecule has 4 heterocycles. The third kappa shape index (κ3) is 3.78. The Morgan fingerprint density at radius 2 is 2.04 bits per heavy atom. The van der Waals surface area contributed by atoms with Gasteiger partial charge in [-0.25, -0.2) is 0 Å². The van der Waals surface area contributed by atoms with Gasteiger partial charge in [-0.2, -0.15) is 0 Å². The molecule has 5 nitrogen and oxygen atoms in total. The number of hydrogen-bond donors (Lipinski definition) is 1. The molecule has 0 radical (unpaired) electrons. The second-order valence-electron chi connectivity index (χ2n) is 7.10. The van der Waals surface area contributed by atoms with Crippen molar-refractivity contribution >= 4 is 17.3 Å². The van der Waals surface area contributed by atoms with E-state index in [1.807, 2.05) is 36.8 Å². The first kappa shape index (κ1) is 18.6. The van der Waals surface area contributed by atoms with Gasteiger partial charge >= 0.3 is 0 Å². The van der Waals surface area contributed by atoms with E-state index in [2.05, 4.69) is 62.1 Å². The summed E-state index contributed by atoms with van der Waals surface area (Å²) in [6.45, 7) is 3.94. The molecule has 4 rings (SSSR count). The molecule has 2 atom stereocenters. The lowest BCUT2D eigenvalue weighted by Crippen LogP contribution is -2.31. The number of rotatable bonds is 7. The van der Waals surface area contributed by atoms with Crippen LogP contribution in [0.3, 0.4) is 0 Å². The summed E-state index contributed by atoms with van der Waals surface area (Å²) in [6, 6.07) is 14.6. The van der Waals surface area contributed by atoms with Crippen LogP contribution in [0.5, 0.6) is 0 Å². The second kappa shape index (κ2) is 8.52. The zero-order chi connectivity index (χ0) is 19.3. The molecule has 1 saturated heterocycles. The van der Waals surface area contributed by atoms with E-state index < -0.39 is 0 Å². The van der Waals surface area contributed by atoms with Crippen LogP contribution in [0, 0.1) is 0 Å². The van der Waals surface area contributed by atoms with Crippen LogP contribution in [0.15, 0.2) is 67.3 Å². The number of nitrogens with zero attached hydrogens (tertiary/aromatic N) is 4. The van der Waals surface area contributed by atoms with Gasteiger partial charge in [0.25, 0.3) is 0 Å². The van der Waals surface area contributed by atoms with Crippen molar-refractivity contribution in [1.29, 1.82) is 0 Å². The van der Waals surface area contributed by atoms with E-state index in [-0.39, 0.29) is 12.1 Å². The van der Waals surface area contributed by atoms with E-state index in [1.54, 1.807) is 0 Å². The Labute approximate surface area is 171 Å². The van der Waals surface area contributed by atoms with E-state index in [4.69, 9.17) is 12.2 Å². The van der Waals surface area contributed by atoms with Crippen molar-refractivity contribution in [3.05, 3.63) is 84.2 Å². The lowest BCUT2D eigenvalue weighted by atomic mass is 10.0. The first-order valence-electron chi connectivity index (χ1n) is 9.80. The summed E-state index contributed by atoms with van der Waals surface area (Å²) < 4.78 is 2.30. The fourth-order valence-electron chi connectivity index (χ4n) is 3.82. The minimum Gasteiger partial charge on any atom is -0.352 e. The third-order valence-corrected chi connectivity index (χ3v) is 5.55. The molecule has 2 unspecified atom stereocenters. The Hall–Kier alpha value is -2.73. The zero-order valence-electron chi connectivity index (χ0n) is 16.0. The monoisotopic (exact) mass is 391 g/mol. The number of thiocarbonyl (C=S) groups is 1. The van der Waals surface area contributed by atoms with Gasteiger partial charge in [-0.05, 0) is 54.5 Å². The molecular formula is C22H25N5S. The van der Waals surface area contributed by atoms with Crippen molar-refractivity contribution in [3.8, 4) is 0 Å². The molecule has 0 saturated carbocycles. The maximum atomic E-state index is 5.72. The predicted octanol–water partition coefficient (Wildman–Crippen LogP) is 4.10. The third-order valence-electron chi connectivity index (χ3n) is 5.19. The average Bonchev–Trinajstić information content (AvgIpc) is 3.31. The normalized spacial score (nSPS) is 19.0. The van der Waals surface area contributed by atoms with E-state index in [0.717, 1.165) is 36.7 Å². The fraction of sp³-hybridized carbons (Fsp3) is 0.318. The van der Waals surface area contributed by atoms with Crippen molar-refractivity contribution in [3.63, 3.8) is 0 Å². The van der Waals surface area contributed by atoms with Crippen molar-refractivity contribution in [2.45, 2.75) is 38.4 Å². The Bertz CT molecular complexity index is 909.